The van der Waals surface area contributed by atoms with Crippen LogP contribution in [-0.2, 0) is 4.79 Å². The van der Waals surface area contributed by atoms with Crippen LogP contribution in [0.3, 0.4) is 0 Å². The van der Waals surface area contributed by atoms with Crippen LogP contribution >= 0.6 is 0 Å². The molecule has 0 aromatic rings. The quantitative estimate of drug-likeness (QED) is 0.511. The molecule has 1 atom stereocenters. The number of ketones is 1. The number of allylic oxidation sites excluding steroid dienone is 2. The maximum Gasteiger partial charge on any atom is 0.193 e. The Kier molecular flexibility index (Phi) is 1.70. The van der Waals surface area contributed by atoms with Gasteiger partial charge in [0, 0.05) is 0 Å². The van der Waals surface area contributed by atoms with Crippen LogP contribution in [0.15, 0.2) is 24.3 Å². The highest BCUT2D eigenvalue weighted by Gasteiger charge is 2.30. The van der Waals surface area contributed by atoms with Gasteiger partial charge < -0.3 is 10.2 Å². The minimum absolute atomic E-state index is 0.475. The van der Waals surface area contributed by atoms with Gasteiger partial charge in [-0.15, -0.1) is 0 Å². The van der Waals surface area contributed by atoms with Crippen molar-refractivity contribution >= 4 is 5.78 Å². The molecule has 54 valence electrons. The van der Waals surface area contributed by atoms with Gasteiger partial charge in [-0.1, -0.05) is 12.2 Å². The summed E-state index contributed by atoms with van der Waals surface area (Å²) in [6.07, 6.45) is 5.55. The van der Waals surface area contributed by atoms with Crippen LogP contribution in [0.25, 0.3) is 0 Å². The third-order valence-corrected chi connectivity index (χ3v) is 1.40. The van der Waals surface area contributed by atoms with Crippen molar-refractivity contribution in [2.45, 2.75) is 5.60 Å². The minimum atomic E-state index is -1.67. The molecule has 1 aliphatic rings. The molecule has 1 aliphatic carbocycles. The summed E-state index contributed by atoms with van der Waals surface area (Å²) in [7, 11) is 0. The lowest BCUT2D eigenvalue weighted by Gasteiger charge is -2.19. The van der Waals surface area contributed by atoms with E-state index in [2.05, 4.69) is 0 Å². The molecule has 0 heterocycles. The molecule has 0 fully saturated rings. The Balaban J connectivity index is 2.88. The van der Waals surface area contributed by atoms with Crippen molar-refractivity contribution in [3.05, 3.63) is 24.3 Å². The van der Waals surface area contributed by atoms with Gasteiger partial charge >= 0.3 is 0 Å². The SMILES string of the molecule is O=C1C=CC=CC1(O)CO. The fourth-order valence-electron chi connectivity index (χ4n) is 0.715. The number of aliphatic hydroxyl groups excluding tert-OH is 1. The standard InChI is InChI=1S/C7H8O3/c8-5-7(10)4-2-1-3-6(7)9/h1-4,8,10H,5H2. The first kappa shape index (κ1) is 7.18. The van der Waals surface area contributed by atoms with Gasteiger partial charge in [-0.05, 0) is 12.2 Å². The van der Waals surface area contributed by atoms with Crippen molar-refractivity contribution in [1.29, 1.82) is 0 Å². The summed E-state index contributed by atoms with van der Waals surface area (Å²) in [5, 5.41) is 17.8. The van der Waals surface area contributed by atoms with E-state index in [9.17, 15) is 9.90 Å². The van der Waals surface area contributed by atoms with E-state index in [1.807, 2.05) is 0 Å². The van der Waals surface area contributed by atoms with Gasteiger partial charge in [0.05, 0.1) is 6.61 Å². The Morgan fingerprint density at radius 1 is 1.50 bits per heavy atom. The van der Waals surface area contributed by atoms with Gasteiger partial charge in [-0.25, -0.2) is 0 Å². The van der Waals surface area contributed by atoms with Gasteiger partial charge in [0.25, 0.3) is 0 Å². The summed E-state index contributed by atoms with van der Waals surface area (Å²) in [6.45, 7) is -0.563. The number of rotatable bonds is 1. The summed E-state index contributed by atoms with van der Waals surface area (Å²) in [4.78, 5) is 10.8. The molecule has 1 rings (SSSR count). The van der Waals surface area contributed by atoms with E-state index in [0.717, 1.165) is 0 Å². The normalized spacial score (nSPS) is 31.2. The molecule has 0 radical (unpaired) electrons. The largest absolute Gasteiger partial charge is 0.393 e. The van der Waals surface area contributed by atoms with Crippen molar-refractivity contribution in [2.75, 3.05) is 6.61 Å². The van der Waals surface area contributed by atoms with E-state index >= 15 is 0 Å². The van der Waals surface area contributed by atoms with Gasteiger partial charge in [-0.3, -0.25) is 4.79 Å². The molecular weight excluding hydrogens is 132 g/mol. The van der Waals surface area contributed by atoms with Crippen LogP contribution in [0.2, 0.25) is 0 Å². The molecular formula is C7H8O3. The van der Waals surface area contributed by atoms with Crippen LogP contribution in [0.5, 0.6) is 0 Å². The van der Waals surface area contributed by atoms with E-state index in [1.54, 1.807) is 0 Å². The Morgan fingerprint density at radius 2 is 2.20 bits per heavy atom. The van der Waals surface area contributed by atoms with Crippen LogP contribution in [-0.4, -0.2) is 28.2 Å². The van der Waals surface area contributed by atoms with E-state index in [1.165, 1.54) is 24.3 Å². The average molecular weight is 140 g/mol. The van der Waals surface area contributed by atoms with E-state index < -0.39 is 18.0 Å². The molecule has 0 aromatic carbocycles. The number of carbonyl (C=O) groups is 1. The highest BCUT2D eigenvalue weighted by atomic mass is 16.3. The predicted molar refractivity (Wildman–Crippen MR) is 35.3 cm³/mol. The molecule has 2 N–H and O–H groups in total. The first-order valence-electron chi connectivity index (χ1n) is 2.92. The van der Waals surface area contributed by atoms with Gasteiger partial charge in [-0.2, -0.15) is 0 Å². The topological polar surface area (TPSA) is 57.5 Å². The van der Waals surface area contributed by atoms with Gasteiger partial charge in [0.15, 0.2) is 11.4 Å². The average Bonchev–Trinajstić information content (AvgIpc) is 1.96. The number of hydrogen-bond acceptors (Lipinski definition) is 3. The lowest BCUT2D eigenvalue weighted by molar-refractivity contribution is -0.131. The molecule has 1 unspecified atom stereocenters. The second-order valence-electron chi connectivity index (χ2n) is 2.16. The van der Waals surface area contributed by atoms with Gasteiger partial charge in [0.1, 0.15) is 0 Å². The maximum atomic E-state index is 10.8. The monoisotopic (exact) mass is 140 g/mol. The third-order valence-electron chi connectivity index (χ3n) is 1.40. The fourth-order valence-corrected chi connectivity index (χ4v) is 0.715. The molecule has 3 heteroatoms. The molecule has 0 spiro atoms. The zero-order chi connectivity index (χ0) is 7.61. The summed E-state index contributed by atoms with van der Waals surface area (Å²) >= 11 is 0. The van der Waals surface area contributed by atoms with E-state index in [-0.39, 0.29) is 0 Å². The zero-order valence-corrected chi connectivity index (χ0v) is 5.32. The Bertz CT molecular complexity index is 205. The van der Waals surface area contributed by atoms with E-state index in [4.69, 9.17) is 5.11 Å². The van der Waals surface area contributed by atoms with Gasteiger partial charge in [0.2, 0.25) is 0 Å². The predicted octanol–water partition coefficient (Wildman–Crippen LogP) is -0.595. The lowest BCUT2D eigenvalue weighted by atomic mass is 9.95. The van der Waals surface area contributed by atoms with Crippen molar-refractivity contribution < 1.29 is 15.0 Å². The van der Waals surface area contributed by atoms with Crippen molar-refractivity contribution in [3.63, 3.8) is 0 Å². The Morgan fingerprint density at radius 3 is 2.60 bits per heavy atom. The summed E-state index contributed by atoms with van der Waals surface area (Å²) in [6, 6.07) is 0. The first-order chi connectivity index (χ1) is 4.69. The highest BCUT2D eigenvalue weighted by Crippen LogP contribution is 2.12. The molecule has 0 aliphatic heterocycles. The molecule has 0 saturated heterocycles. The Labute approximate surface area is 58.3 Å². The molecule has 0 amide bonds. The van der Waals surface area contributed by atoms with Crippen molar-refractivity contribution in [3.8, 4) is 0 Å². The van der Waals surface area contributed by atoms with Crippen molar-refractivity contribution in [1.82, 2.24) is 0 Å². The van der Waals surface area contributed by atoms with Crippen LogP contribution in [0, 0.1) is 0 Å². The summed E-state index contributed by atoms with van der Waals surface area (Å²) < 4.78 is 0. The maximum absolute atomic E-state index is 10.8. The number of carbonyl (C=O) groups excluding carboxylic acids is 1. The second-order valence-corrected chi connectivity index (χ2v) is 2.16. The zero-order valence-electron chi connectivity index (χ0n) is 5.32. The van der Waals surface area contributed by atoms with E-state index in [0.29, 0.717) is 0 Å². The first-order valence-corrected chi connectivity index (χ1v) is 2.92. The lowest BCUT2D eigenvalue weighted by Crippen LogP contribution is -2.40. The van der Waals surface area contributed by atoms with Crippen molar-refractivity contribution in [2.24, 2.45) is 0 Å². The molecule has 3 nitrogen and oxygen atoms in total. The Hall–Kier alpha value is -0.930. The van der Waals surface area contributed by atoms with Crippen LogP contribution in [0.4, 0.5) is 0 Å². The minimum Gasteiger partial charge on any atom is -0.393 e. The molecule has 10 heavy (non-hydrogen) atoms. The smallest absolute Gasteiger partial charge is 0.193 e. The van der Waals surface area contributed by atoms with Crippen LogP contribution < -0.4 is 0 Å². The summed E-state index contributed by atoms with van der Waals surface area (Å²) in [5.41, 5.74) is -1.67. The van der Waals surface area contributed by atoms with Crippen LogP contribution in [0.1, 0.15) is 0 Å². The fraction of sp³-hybridized carbons (Fsp3) is 0.286. The third kappa shape index (κ3) is 1.01. The molecule has 0 bridgehead atoms. The number of hydrogen-bond donors (Lipinski definition) is 2. The second kappa shape index (κ2) is 2.36. The number of aliphatic hydroxyl groups is 2. The molecule has 0 aromatic heterocycles. The highest BCUT2D eigenvalue weighted by molar-refractivity contribution is 5.99. The molecule has 0 saturated carbocycles. The summed E-state index contributed by atoms with van der Waals surface area (Å²) in [5.74, 6) is -0.475.